The van der Waals surface area contributed by atoms with Crippen molar-refractivity contribution in [3.05, 3.63) is 22.7 Å². The summed E-state index contributed by atoms with van der Waals surface area (Å²) in [6, 6.07) is 0. The predicted octanol–water partition coefficient (Wildman–Crippen LogP) is 1.95. The minimum absolute atomic E-state index is 0.162. The highest BCUT2D eigenvalue weighted by Gasteiger charge is 2.26. The molecular formula is C11H13N5OS. The monoisotopic (exact) mass is 263 g/mol. The predicted molar refractivity (Wildman–Crippen MR) is 67.8 cm³/mol. The minimum atomic E-state index is -0.317. The Balaban J connectivity index is 1.68. The molecule has 18 heavy (non-hydrogen) atoms. The summed E-state index contributed by atoms with van der Waals surface area (Å²) in [5.74, 6) is 1.15. The van der Waals surface area contributed by atoms with Gasteiger partial charge in [-0.2, -0.15) is 0 Å². The molecule has 6 nitrogen and oxygen atoms in total. The number of rotatable bonds is 4. The third kappa shape index (κ3) is 2.26. The zero-order valence-corrected chi connectivity index (χ0v) is 10.8. The fraction of sp³-hybridized carbons (Fsp3) is 0.455. The second-order valence-electron chi connectivity index (χ2n) is 4.27. The minimum Gasteiger partial charge on any atom is -0.295 e. The highest BCUT2D eigenvalue weighted by molar-refractivity contribution is 7.14. The standard InChI is InChI=1S/C11H13N5OS/c1-2-8-13-9(16-15-8)10(17)14-11-12-7(5-18-11)6-3-4-6/h5-6H,2-4H2,1H3,(H,12,14,17)(H,13,15,16). The second-order valence-corrected chi connectivity index (χ2v) is 5.12. The molecule has 1 fully saturated rings. The van der Waals surface area contributed by atoms with Crippen LogP contribution in [-0.4, -0.2) is 26.1 Å². The molecule has 0 aliphatic heterocycles. The van der Waals surface area contributed by atoms with Gasteiger partial charge in [0.15, 0.2) is 5.13 Å². The fourth-order valence-corrected chi connectivity index (χ4v) is 2.41. The third-order valence-electron chi connectivity index (χ3n) is 2.81. The normalized spacial score (nSPS) is 14.7. The quantitative estimate of drug-likeness (QED) is 0.883. The Kier molecular flexibility index (Phi) is 2.83. The van der Waals surface area contributed by atoms with E-state index in [9.17, 15) is 4.79 Å². The zero-order valence-electron chi connectivity index (χ0n) is 9.93. The fourth-order valence-electron chi connectivity index (χ4n) is 1.62. The number of aromatic amines is 1. The maximum Gasteiger partial charge on any atom is 0.297 e. The Bertz CT molecular complexity index is 572. The topological polar surface area (TPSA) is 83.6 Å². The number of carbonyl (C=O) groups excluding carboxylic acids is 1. The summed E-state index contributed by atoms with van der Waals surface area (Å²) in [6.07, 6.45) is 3.14. The molecular weight excluding hydrogens is 250 g/mol. The summed E-state index contributed by atoms with van der Waals surface area (Å²) < 4.78 is 0. The van der Waals surface area contributed by atoms with Crippen LogP contribution in [0.5, 0.6) is 0 Å². The number of aryl methyl sites for hydroxylation is 1. The Labute approximate surface area is 108 Å². The average molecular weight is 263 g/mol. The number of H-pyrrole nitrogens is 1. The van der Waals surface area contributed by atoms with E-state index in [1.807, 2.05) is 12.3 Å². The molecule has 2 aromatic heterocycles. The maximum atomic E-state index is 11.8. The van der Waals surface area contributed by atoms with Gasteiger partial charge in [-0.3, -0.25) is 15.2 Å². The Morgan fingerprint density at radius 3 is 3.06 bits per heavy atom. The van der Waals surface area contributed by atoms with E-state index < -0.39 is 0 Å². The van der Waals surface area contributed by atoms with Gasteiger partial charge in [-0.25, -0.2) is 9.97 Å². The summed E-state index contributed by atoms with van der Waals surface area (Å²) in [5, 5.41) is 11.9. The van der Waals surface area contributed by atoms with Gasteiger partial charge in [0.1, 0.15) is 5.82 Å². The first-order valence-corrected chi connectivity index (χ1v) is 6.82. The molecule has 1 aliphatic carbocycles. The van der Waals surface area contributed by atoms with Crippen molar-refractivity contribution in [3.8, 4) is 0 Å². The van der Waals surface area contributed by atoms with Crippen LogP contribution >= 0.6 is 11.3 Å². The van der Waals surface area contributed by atoms with Gasteiger partial charge in [-0.05, 0) is 12.8 Å². The molecule has 0 atom stereocenters. The molecule has 2 heterocycles. The molecule has 94 valence electrons. The molecule has 7 heteroatoms. The Morgan fingerprint density at radius 2 is 2.39 bits per heavy atom. The smallest absolute Gasteiger partial charge is 0.295 e. The first kappa shape index (κ1) is 11.3. The summed E-state index contributed by atoms with van der Waals surface area (Å²) in [6.45, 7) is 1.95. The molecule has 1 saturated carbocycles. The van der Waals surface area contributed by atoms with Crippen molar-refractivity contribution < 1.29 is 4.79 Å². The molecule has 0 radical (unpaired) electrons. The molecule has 1 aliphatic rings. The summed E-state index contributed by atoms with van der Waals surface area (Å²) in [7, 11) is 0. The van der Waals surface area contributed by atoms with Crippen molar-refractivity contribution >= 4 is 22.4 Å². The van der Waals surface area contributed by atoms with Crippen molar-refractivity contribution in [1.29, 1.82) is 0 Å². The van der Waals surface area contributed by atoms with Gasteiger partial charge in [0.05, 0.1) is 5.69 Å². The van der Waals surface area contributed by atoms with Crippen LogP contribution in [0.2, 0.25) is 0 Å². The van der Waals surface area contributed by atoms with E-state index in [0.29, 0.717) is 16.9 Å². The van der Waals surface area contributed by atoms with E-state index in [4.69, 9.17) is 0 Å². The Morgan fingerprint density at radius 1 is 1.56 bits per heavy atom. The van der Waals surface area contributed by atoms with Gasteiger partial charge >= 0.3 is 0 Å². The van der Waals surface area contributed by atoms with Crippen molar-refractivity contribution in [2.75, 3.05) is 5.32 Å². The lowest BCUT2D eigenvalue weighted by Crippen LogP contribution is -2.13. The summed E-state index contributed by atoms with van der Waals surface area (Å²) in [5.41, 5.74) is 1.08. The van der Waals surface area contributed by atoms with E-state index in [1.165, 1.54) is 24.2 Å². The number of carbonyl (C=O) groups is 1. The molecule has 1 amide bonds. The van der Waals surface area contributed by atoms with Crippen LogP contribution in [0.1, 0.15) is 47.8 Å². The van der Waals surface area contributed by atoms with Crippen molar-refractivity contribution in [2.45, 2.75) is 32.1 Å². The maximum absolute atomic E-state index is 11.8. The molecule has 0 aromatic carbocycles. The Hall–Kier alpha value is -1.76. The van der Waals surface area contributed by atoms with E-state index in [-0.39, 0.29) is 11.7 Å². The largest absolute Gasteiger partial charge is 0.297 e. The van der Waals surface area contributed by atoms with E-state index in [1.54, 1.807) is 0 Å². The average Bonchev–Trinajstić information content (AvgIpc) is 2.93. The lowest BCUT2D eigenvalue weighted by molar-refractivity contribution is 0.101. The number of aromatic nitrogens is 4. The van der Waals surface area contributed by atoms with Crippen LogP contribution in [0.3, 0.4) is 0 Å². The molecule has 2 aromatic rings. The lowest BCUT2D eigenvalue weighted by atomic mass is 10.3. The van der Waals surface area contributed by atoms with Crippen LogP contribution < -0.4 is 5.32 Å². The SMILES string of the molecule is CCc1nc(C(=O)Nc2nc(C3CC3)cs2)n[nH]1. The first-order valence-electron chi connectivity index (χ1n) is 5.94. The highest BCUT2D eigenvalue weighted by Crippen LogP contribution is 2.40. The van der Waals surface area contributed by atoms with Gasteiger partial charge in [-0.15, -0.1) is 16.4 Å². The van der Waals surface area contributed by atoms with Crippen molar-refractivity contribution in [2.24, 2.45) is 0 Å². The molecule has 2 N–H and O–H groups in total. The molecule has 0 saturated heterocycles. The number of hydrogen-bond donors (Lipinski definition) is 2. The number of amides is 1. The number of nitrogens with one attached hydrogen (secondary N) is 2. The number of nitrogens with zero attached hydrogens (tertiary/aromatic N) is 3. The van der Waals surface area contributed by atoms with Crippen LogP contribution in [0, 0.1) is 0 Å². The van der Waals surface area contributed by atoms with Gasteiger partial charge in [-0.1, -0.05) is 6.92 Å². The number of thiazole rings is 1. The van der Waals surface area contributed by atoms with Crippen LogP contribution in [-0.2, 0) is 6.42 Å². The summed E-state index contributed by atoms with van der Waals surface area (Å²) in [4.78, 5) is 20.3. The van der Waals surface area contributed by atoms with Gasteiger partial charge in [0.2, 0.25) is 5.82 Å². The molecule has 3 rings (SSSR count). The van der Waals surface area contributed by atoms with Crippen LogP contribution in [0.4, 0.5) is 5.13 Å². The van der Waals surface area contributed by atoms with Crippen LogP contribution in [0.25, 0.3) is 0 Å². The third-order valence-corrected chi connectivity index (χ3v) is 3.58. The van der Waals surface area contributed by atoms with Crippen molar-refractivity contribution in [1.82, 2.24) is 20.2 Å². The lowest BCUT2D eigenvalue weighted by Gasteiger charge is -1.95. The van der Waals surface area contributed by atoms with Crippen molar-refractivity contribution in [3.63, 3.8) is 0 Å². The first-order chi connectivity index (χ1) is 8.76. The molecule has 0 unspecified atom stereocenters. The highest BCUT2D eigenvalue weighted by atomic mass is 32.1. The van der Waals surface area contributed by atoms with E-state index in [2.05, 4.69) is 25.5 Å². The number of hydrogen-bond acceptors (Lipinski definition) is 5. The van der Waals surface area contributed by atoms with E-state index in [0.717, 1.165) is 12.1 Å². The van der Waals surface area contributed by atoms with Crippen LogP contribution in [0.15, 0.2) is 5.38 Å². The van der Waals surface area contributed by atoms with E-state index >= 15 is 0 Å². The van der Waals surface area contributed by atoms with Gasteiger partial charge in [0.25, 0.3) is 5.91 Å². The van der Waals surface area contributed by atoms with Gasteiger partial charge < -0.3 is 0 Å². The molecule has 0 spiro atoms. The second kappa shape index (κ2) is 4.49. The number of anilines is 1. The summed E-state index contributed by atoms with van der Waals surface area (Å²) >= 11 is 1.44. The molecule has 0 bridgehead atoms. The van der Waals surface area contributed by atoms with Gasteiger partial charge in [0, 0.05) is 17.7 Å². The zero-order chi connectivity index (χ0) is 12.5.